The Balaban J connectivity index is 1.97. The van der Waals surface area contributed by atoms with Crippen molar-refractivity contribution in [2.75, 3.05) is 0 Å². The molecule has 0 aromatic carbocycles. The minimum atomic E-state index is -0.0378. The Labute approximate surface area is 106 Å². The molecule has 0 bridgehead atoms. The van der Waals surface area contributed by atoms with Gasteiger partial charge in [0.25, 0.3) is 0 Å². The highest BCUT2D eigenvalue weighted by molar-refractivity contribution is 6.30. The first-order chi connectivity index (χ1) is 8.11. The quantitative estimate of drug-likeness (QED) is 0.431. The largest absolute Gasteiger partial charge is 0.349 e. The maximum absolute atomic E-state index is 11.4. The molecule has 0 saturated heterocycles. The second kappa shape index (κ2) is 5.10. The molecule has 0 atom stereocenters. The van der Waals surface area contributed by atoms with Gasteiger partial charge in [-0.25, -0.2) is 5.84 Å². The predicted octanol–water partition coefficient (Wildman–Crippen LogP) is 2.24. The van der Waals surface area contributed by atoms with E-state index in [0.29, 0.717) is 5.92 Å². The Morgan fingerprint density at radius 2 is 2.12 bits per heavy atom. The van der Waals surface area contributed by atoms with E-state index in [9.17, 15) is 4.79 Å². The molecule has 5 heteroatoms. The van der Waals surface area contributed by atoms with Crippen molar-refractivity contribution in [1.82, 2.24) is 10.4 Å². The number of halogens is 1. The van der Waals surface area contributed by atoms with E-state index < -0.39 is 0 Å². The molecule has 1 aromatic rings. The molecule has 1 aliphatic carbocycles. The van der Waals surface area contributed by atoms with E-state index in [0.717, 1.165) is 36.4 Å². The second-order valence-electron chi connectivity index (χ2n) is 4.78. The lowest BCUT2D eigenvalue weighted by Gasteiger charge is -2.26. The van der Waals surface area contributed by atoms with Crippen molar-refractivity contribution in [2.45, 2.75) is 38.5 Å². The fourth-order valence-corrected chi connectivity index (χ4v) is 2.73. The Morgan fingerprint density at radius 1 is 1.47 bits per heavy atom. The summed E-state index contributed by atoms with van der Waals surface area (Å²) in [4.78, 5) is 14.6. The van der Waals surface area contributed by atoms with Crippen LogP contribution < -0.4 is 11.3 Å². The molecule has 1 heterocycles. The van der Waals surface area contributed by atoms with Crippen molar-refractivity contribution in [3.63, 3.8) is 0 Å². The van der Waals surface area contributed by atoms with Crippen molar-refractivity contribution in [3.05, 3.63) is 22.5 Å². The number of hydrazine groups is 1. The smallest absolute Gasteiger partial charge is 0.236 e. The van der Waals surface area contributed by atoms with Crippen LogP contribution in [0.3, 0.4) is 0 Å². The molecule has 1 saturated carbocycles. The van der Waals surface area contributed by atoms with Crippen LogP contribution in [0, 0.1) is 12.8 Å². The zero-order chi connectivity index (χ0) is 12.4. The Morgan fingerprint density at radius 3 is 2.59 bits per heavy atom. The molecule has 0 spiro atoms. The van der Waals surface area contributed by atoms with E-state index in [2.05, 4.69) is 16.5 Å². The van der Waals surface area contributed by atoms with Crippen molar-refractivity contribution in [3.8, 4) is 0 Å². The number of H-pyrrole nitrogens is 1. The minimum absolute atomic E-state index is 0.0378. The first-order valence-corrected chi connectivity index (χ1v) is 6.35. The lowest BCUT2D eigenvalue weighted by Crippen LogP contribution is -2.37. The maximum atomic E-state index is 11.4. The van der Waals surface area contributed by atoms with Gasteiger partial charge in [-0.3, -0.25) is 10.2 Å². The fraction of sp³-hybridized carbons (Fsp3) is 0.583. The van der Waals surface area contributed by atoms with Gasteiger partial charge in [-0.1, -0.05) is 11.6 Å². The highest BCUT2D eigenvalue weighted by atomic mass is 35.5. The van der Waals surface area contributed by atoms with E-state index in [1.165, 1.54) is 5.69 Å². The summed E-state index contributed by atoms with van der Waals surface area (Å²) in [7, 11) is 0. The van der Waals surface area contributed by atoms with Crippen LogP contribution in [0.15, 0.2) is 6.07 Å². The third-order valence-electron chi connectivity index (χ3n) is 3.65. The first kappa shape index (κ1) is 12.5. The second-order valence-corrected chi connectivity index (χ2v) is 5.16. The monoisotopic (exact) mass is 255 g/mol. The molecule has 4 nitrogen and oxygen atoms in total. The summed E-state index contributed by atoms with van der Waals surface area (Å²) in [5.74, 6) is 5.67. The maximum Gasteiger partial charge on any atom is 0.236 e. The summed E-state index contributed by atoms with van der Waals surface area (Å²) in [6.07, 6.45) is 3.80. The summed E-state index contributed by atoms with van der Waals surface area (Å²) in [6, 6.07) is 2.11. The molecule has 1 aromatic heterocycles. The van der Waals surface area contributed by atoms with Crippen LogP contribution in [0.1, 0.15) is 42.9 Å². The molecular weight excluding hydrogens is 238 g/mol. The van der Waals surface area contributed by atoms with Crippen LogP contribution in [-0.4, -0.2) is 10.9 Å². The van der Waals surface area contributed by atoms with Crippen molar-refractivity contribution < 1.29 is 4.79 Å². The average molecular weight is 256 g/mol. The number of aryl methyl sites for hydroxylation is 1. The van der Waals surface area contributed by atoms with Gasteiger partial charge in [0, 0.05) is 11.6 Å². The topological polar surface area (TPSA) is 70.9 Å². The van der Waals surface area contributed by atoms with Gasteiger partial charge < -0.3 is 4.98 Å². The van der Waals surface area contributed by atoms with E-state index in [-0.39, 0.29) is 11.8 Å². The van der Waals surface area contributed by atoms with Gasteiger partial charge in [0.1, 0.15) is 5.15 Å². The van der Waals surface area contributed by atoms with Gasteiger partial charge in [0.15, 0.2) is 0 Å². The first-order valence-electron chi connectivity index (χ1n) is 5.97. The van der Waals surface area contributed by atoms with Crippen LogP contribution >= 0.6 is 11.6 Å². The number of carbonyl (C=O) groups is 1. The van der Waals surface area contributed by atoms with E-state index in [1.807, 2.05) is 6.92 Å². The number of nitrogens with one attached hydrogen (secondary N) is 2. The Kier molecular flexibility index (Phi) is 3.74. The normalized spacial score (nSPS) is 24.6. The van der Waals surface area contributed by atoms with Gasteiger partial charge >= 0.3 is 0 Å². The average Bonchev–Trinajstić information content (AvgIpc) is 2.69. The number of hydrogen-bond acceptors (Lipinski definition) is 2. The summed E-state index contributed by atoms with van der Waals surface area (Å²) < 4.78 is 0. The van der Waals surface area contributed by atoms with Crippen LogP contribution in [0.4, 0.5) is 0 Å². The van der Waals surface area contributed by atoms with Crippen LogP contribution in [0.5, 0.6) is 0 Å². The zero-order valence-electron chi connectivity index (χ0n) is 9.92. The van der Waals surface area contributed by atoms with Gasteiger partial charge in [-0.15, -0.1) is 0 Å². The molecule has 0 unspecified atom stereocenters. The molecular formula is C12H18ClN3O. The highest BCUT2D eigenvalue weighted by Crippen LogP contribution is 2.36. The lowest BCUT2D eigenvalue weighted by atomic mass is 9.80. The van der Waals surface area contributed by atoms with Crippen molar-refractivity contribution in [1.29, 1.82) is 0 Å². The third-order valence-corrected chi connectivity index (χ3v) is 4.04. The number of amides is 1. The van der Waals surface area contributed by atoms with Crippen molar-refractivity contribution >= 4 is 17.5 Å². The zero-order valence-corrected chi connectivity index (χ0v) is 10.7. The third kappa shape index (κ3) is 2.64. The number of aromatic amines is 1. The standard InChI is InChI=1S/C12H18ClN3O/c1-7-6-10(15-11(7)13)8-2-4-9(5-3-8)12(17)16-14/h6,8-9,15H,2-5,14H2,1H3,(H,16,17). The molecule has 4 N–H and O–H groups in total. The molecule has 0 radical (unpaired) electrons. The Hall–Kier alpha value is -1.00. The summed E-state index contributed by atoms with van der Waals surface area (Å²) in [6.45, 7) is 2.00. The minimum Gasteiger partial charge on any atom is -0.349 e. The lowest BCUT2D eigenvalue weighted by molar-refractivity contribution is -0.126. The number of hydrogen-bond donors (Lipinski definition) is 3. The van der Waals surface area contributed by atoms with Gasteiger partial charge in [0.2, 0.25) is 5.91 Å². The summed E-state index contributed by atoms with van der Waals surface area (Å²) in [5.41, 5.74) is 4.51. The van der Waals surface area contributed by atoms with E-state index in [4.69, 9.17) is 17.4 Å². The molecule has 17 heavy (non-hydrogen) atoms. The van der Waals surface area contributed by atoms with Crippen LogP contribution in [-0.2, 0) is 4.79 Å². The van der Waals surface area contributed by atoms with Crippen LogP contribution in [0.2, 0.25) is 5.15 Å². The van der Waals surface area contributed by atoms with Gasteiger partial charge in [-0.2, -0.15) is 0 Å². The number of carbonyl (C=O) groups excluding carboxylic acids is 1. The van der Waals surface area contributed by atoms with E-state index in [1.54, 1.807) is 0 Å². The molecule has 1 amide bonds. The molecule has 0 aliphatic heterocycles. The molecule has 2 rings (SSSR count). The molecule has 94 valence electrons. The Bertz CT molecular complexity index is 388. The summed E-state index contributed by atoms with van der Waals surface area (Å²) >= 11 is 6.01. The summed E-state index contributed by atoms with van der Waals surface area (Å²) in [5, 5.41) is 0.724. The highest BCUT2D eigenvalue weighted by Gasteiger charge is 2.27. The number of aromatic nitrogens is 1. The van der Waals surface area contributed by atoms with Gasteiger partial charge in [0.05, 0.1) is 0 Å². The number of rotatable bonds is 2. The van der Waals surface area contributed by atoms with Crippen LogP contribution in [0.25, 0.3) is 0 Å². The predicted molar refractivity (Wildman–Crippen MR) is 67.6 cm³/mol. The van der Waals surface area contributed by atoms with Gasteiger partial charge in [-0.05, 0) is 50.2 Å². The van der Waals surface area contributed by atoms with Crippen molar-refractivity contribution in [2.24, 2.45) is 11.8 Å². The SMILES string of the molecule is Cc1cc(C2CCC(C(=O)NN)CC2)[nH]c1Cl. The fourth-order valence-electron chi connectivity index (χ4n) is 2.56. The molecule has 1 fully saturated rings. The number of nitrogens with two attached hydrogens (primary N) is 1. The van der Waals surface area contributed by atoms with E-state index >= 15 is 0 Å². The molecule has 1 aliphatic rings.